The molecule has 18 heavy (non-hydrogen) atoms. The number of carbonyl (C=O) groups is 1. The number of rotatable bonds is 3. The van der Waals surface area contributed by atoms with E-state index in [1.807, 2.05) is 25.1 Å². The summed E-state index contributed by atoms with van der Waals surface area (Å²) in [5.74, 6) is -0.525. The van der Waals surface area contributed by atoms with Crippen LogP contribution in [-0.4, -0.2) is 25.9 Å². The van der Waals surface area contributed by atoms with Gasteiger partial charge in [-0.2, -0.15) is 0 Å². The molecule has 2 aromatic rings. The second-order valence-corrected chi connectivity index (χ2v) is 6.95. The van der Waals surface area contributed by atoms with Crippen molar-refractivity contribution in [3.8, 4) is 0 Å². The first-order valence-corrected chi connectivity index (χ1v) is 8.50. The van der Waals surface area contributed by atoms with Gasteiger partial charge in [0.1, 0.15) is 0 Å². The standard InChI is InChI=1S/C14H12O3Te/c1-11-7-9-13(10-8-11)18(16)17-14(15)12-5-3-2-4-6-12/h2-10H,1H3. The normalized spacial score (nSPS) is 10.3. The van der Waals surface area contributed by atoms with Gasteiger partial charge in [-0.05, 0) is 0 Å². The Morgan fingerprint density at radius 2 is 1.61 bits per heavy atom. The summed E-state index contributed by atoms with van der Waals surface area (Å²) in [6, 6.07) is 15.8. The summed E-state index contributed by atoms with van der Waals surface area (Å²) < 4.78 is 17.6. The van der Waals surface area contributed by atoms with Crippen LogP contribution in [-0.2, 0) is 6.21 Å². The molecule has 0 unspecified atom stereocenters. The van der Waals surface area contributed by atoms with Crippen molar-refractivity contribution in [2.45, 2.75) is 6.92 Å². The second kappa shape index (κ2) is 5.90. The van der Waals surface area contributed by atoms with Crippen molar-refractivity contribution in [2.24, 2.45) is 0 Å². The van der Waals surface area contributed by atoms with Gasteiger partial charge >= 0.3 is 113 Å². The van der Waals surface area contributed by atoms with Gasteiger partial charge in [-0.3, -0.25) is 0 Å². The van der Waals surface area contributed by atoms with Crippen molar-refractivity contribution in [1.29, 1.82) is 0 Å². The van der Waals surface area contributed by atoms with Gasteiger partial charge in [0.2, 0.25) is 0 Å². The third-order valence-electron chi connectivity index (χ3n) is 2.37. The number of hydrogen-bond donors (Lipinski definition) is 0. The average molecular weight is 356 g/mol. The van der Waals surface area contributed by atoms with Crippen molar-refractivity contribution in [3.63, 3.8) is 0 Å². The maximum absolute atomic E-state index is 11.9. The van der Waals surface area contributed by atoms with Gasteiger partial charge in [-0.1, -0.05) is 0 Å². The van der Waals surface area contributed by atoms with Gasteiger partial charge in [0.15, 0.2) is 0 Å². The first kappa shape index (κ1) is 12.9. The van der Waals surface area contributed by atoms with Crippen LogP contribution in [0.1, 0.15) is 15.9 Å². The van der Waals surface area contributed by atoms with Gasteiger partial charge in [0, 0.05) is 0 Å². The molecular weight excluding hydrogens is 344 g/mol. The molecule has 0 N–H and O–H groups in total. The molecule has 3 nitrogen and oxygen atoms in total. The fourth-order valence-corrected chi connectivity index (χ4v) is 3.35. The van der Waals surface area contributed by atoms with Crippen LogP contribution in [0.5, 0.6) is 0 Å². The van der Waals surface area contributed by atoms with Gasteiger partial charge in [-0.15, -0.1) is 0 Å². The predicted octanol–water partition coefficient (Wildman–Crippen LogP) is 1.98. The second-order valence-electron chi connectivity index (χ2n) is 3.78. The minimum atomic E-state index is -3.23. The van der Waals surface area contributed by atoms with E-state index in [1.165, 1.54) is 0 Å². The third-order valence-corrected chi connectivity index (χ3v) is 5.11. The zero-order valence-corrected chi connectivity index (χ0v) is 12.2. The van der Waals surface area contributed by atoms with E-state index in [0.717, 1.165) is 5.56 Å². The quantitative estimate of drug-likeness (QED) is 0.791. The van der Waals surface area contributed by atoms with Crippen LogP contribution in [0.3, 0.4) is 0 Å². The molecule has 0 amide bonds. The average Bonchev–Trinajstić information content (AvgIpc) is 2.40. The Balaban J connectivity index is 2.08. The predicted molar refractivity (Wildman–Crippen MR) is 69.1 cm³/mol. The fraction of sp³-hybridized carbons (Fsp3) is 0.0714. The topological polar surface area (TPSA) is 43.4 Å². The molecule has 2 aromatic carbocycles. The fourth-order valence-electron chi connectivity index (χ4n) is 1.39. The molecule has 2 rings (SSSR count). The number of benzene rings is 2. The zero-order chi connectivity index (χ0) is 13.0. The van der Waals surface area contributed by atoms with E-state index in [0.29, 0.717) is 9.17 Å². The molecule has 0 aliphatic rings. The van der Waals surface area contributed by atoms with E-state index >= 15 is 0 Å². The minimum absolute atomic E-state index is 0.423. The first-order chi connectivity index (χ1) is 8.66. The van der Waals surface area contributed by atoms with Crippen LogP contribution >= 0.6 is 0 Å². The third kappa shape index (κ3) is 3.25. The number of carbonyl (C=O) groups excluding carboxylic acids is 1. The van der Waals surface area contributed by atoms with E-state index in [2.05, 4.69) is 0 Å². The Morgan fingerprint density at radius 1 is 1.00 bits per heavy atom. The first-order valence-electron chi connectivity index (χ1n) is 5.43. The van der Waals surface area contributed by atoms with Crippen LogP contribution in [0.2, 0.25) is 0 Å². The summed E-state index contributed by atoms with van der Waals surface area (Å²) in [5, 5.41) is 0. The molecule has 4 heteroatoms. The summed E-state index contributed by atoms with van der Waals surface area (Å²) in [4.78, 5) is 11.7. The molecule has 0 aromatic heterocycles. The summed E-state index contributed by atoms with van der Waals surface area (Å²) in [6.45, 7) is 1.95. The van der Waals surface area contributed by atoms with E-state index < -0.39 is 25.9 Å². The van der Waals surface area contributed by atoms with Gasteiger partial charge in [0.05, 0.1) is 0 Å². The molecule has 0 aliphatic carbocycles. The molecular formula is C14H12O3Te. The van der Waals surface area contributed by atoms with Crippen LogP contribution in [0, 0.1) is 6.92 Å². The maximum atomic E-state index is 11.9. The number of hydrogen-bond acceptors (Lipinski definition) is 3. The molecule has 0 spiro atoms. The summed E-state index contributed by atoms with van der Waals surface area (Å²) in [6.07, 6.45) is 0. The van der Waals surface area contributed by atoms with Gasteiger partial charge < -0.3 is 0 Å². The summed E-state index contributed by atoms with van der Waals surface area (Å²) >= 11 is -3.23. The van der Waals surface area contributed by atoms with Crippen molar-refractivity contribution >= 4 is 29.5 Å². The molecule has 0 heterocycles. The summed E-state index contributed by atoms with van der Waals surface area (Å²) in [5.41, 5.74) is 1.51. The Morgan fingerprint density at radius 3 is 2.22 bits per heavy atom. The van der Waals surface area contributed by atoms with Crippen molar-refractivity contribution in [1.82, 2.24) is 0 Å². The Kier molecular flexibility index (Phi) is 4.24. The van der Waals surface area contributed by atoms with E-state index in [-0.39, 0.29) is 0 Å². The summed E-state index contributed by atoms with van der Waals surface area (Å²) in [7, 11) is 0. The van der Waals surface area contributed by atoms with Crippen LogP contribution in [0.15, 0.2) is 54.6 Å². The van der Waals surface area contributed by atoms with Gasteiger partial charge in [-0.25, -0.2) is 0 Å². The van der Waals surface area contributed by atoms with Gasteiger partial charge in [0.25, 0.3) is 0 Å². The Bertz CT molecular complexity index is 561. The van der Waals surface area contributed by atoms with Crippen LogP contribution in [0.25, 0.3) is 0 Å². The number of aryl methyl sites for hydroxylation is 1. The molecule has 92 valence electrons. The zero-order valence-electron chi connectivity index (χ0n) is 9.83. The van der Waals surface area contributed by atoms with Crippen LogP contribution in [0.4, 0.5) is 0 Å². The molecule has 0 fully saturated rings. The molecule has 0 saturated heterocycles. The molecule has 0 atom stereocenters. The van der Waals surface area contributed by atoms with Crippen molar-refractivity contribution < 1.29 is 11.0 Å². The van der Waals surface area contributed by atoms with E-state index in [9.17, 15) is 7.90 Å². The van der Waals surface area contributed by atoms with E-state index in [4.69, 9.17) is 3.10 Å². The van der Waals surface area contributed by atoms with Crippen molar-refractivity contribution in [2.75, 3.05) is 0 Å². The molecule has 0 bridgehead atoms. The monoisotopic (exact) mass is 358 g/mol. The molecule has 0 aliphatic heterocycles. The van der Waals surface area contributed by atoms with E-state index in [1.54, 1.807) is 36.4 Å². The SMILES string of the molecule is Cc1ccc([Te](=O)OC(=O)c2ccccc2)cc1. The molecule has 0 saturated carbocycles. The van der Waals surface area contributed by atoms with Crippen LogP contribution < -0.4 is 3.61 Å². The Hall–Kier alpha value is -1.50. The Labute approximate surface area is 113 Å². The van der Waals surface area contributed by atoms with Crippen molar-refractivity contribution in [3.05, 3.63) is 65.7 Å². The molecule has 0 radical (unpaired) electrons.